The smallest absolute Gasteiger partial charge is 0.141 e. The van der Waals surface area contributed by atoms with Crippen LogP contribution in [0.5, 0.6) is 0 Å². The van der Waals surface area contributed by atoms with Gasteiger partial charge in [0.2, 0.25) is 0 Å². The van der Waals surface area contributed by atoms with E-state index >= 15 is 0 Å². The molecule has 0 spiro atoms. The van der Waals surface area contributed by atoms with Crippen LogP contribution in [0.3, 0.4) is 0 Å². The van der Waals surface area contributed by atoms with Crippen LogP contribution in [-0.4, -0.2) is 28.0 Å². The van der Waals surface area contributed by atoms with Crippen LogP contribution in [0.15, 0.2) is 42.7 Å². The van der Waals surface area contributed by atoms with Gasteiger partial charge in [0.1, 0.15) is 18.0 Å². The van der Waals surface area contributed by atoms with Gasteiger partial charge in [0.05, 0.1) is 20.2 Å². The van der Waals surface area contributed by atoms with E-state index in [1.807, 2.05) is 6.92 Å². The van der Waals surface area contributed by atoms with Crippen LogP contribution in [0.4, 0.5) is 10.2 Å². The first kappa shape index (κ1) is 21.3. The third-order valence-electron chi connectivity index (χ3n) is 6.11. The molecule has 0 aliphatic carbocycles. The van der Waals surface area contributed by atoms with E-state index < -0.39 is 5.82 Å². The Morgan fingerprint density at radius 2 is 1.91 bits per heavy atom. The zero-order chi connectivity index (χ0) is 22.2. The number of fused-ring (bicyclic) bond motifs is 1. The van der Waals surface area contributed by atoms with Crippen LogP contribution in [0.1, 0.15) is 29.1 Å². The lowest BCUT2D eigenvalue weighted by Gasteiger charge is -2.32. The molecule has 164 valence electrons. The summed E-state index contributed by atoms with van der Waals surface area (Å²) in [4.78, 5) is 16.0. The zero-order valence-corrected chi connectivity index (χ0v) is 19.7. The number of piperidine rings is 1. The van der Waals surface area contributed by atoms with Crippen molar-refractivity contribution < 1.29 is 4.39 Å². The molecular weight excluding hydrogens is 443 g/mol. The summed E-state index contributed by atoms with van der Waals surface area (Å²) in [5, 5.41) is 1.30. The average molecular weight is 467 g/mol. The molecule has 2 aromatic heterocycles. The minimum Gasteiger partial charge on any atom is -0.356 e. The van der Waals surface area contributed by atoms with Gasteiger partial charge in [0.25, 0.3) is 0 Å². The Morgan fingerprint density at radius 1 is 1.09 bits per heavy atom. The minimum atomic E-state index is -0.401. The zero-order valence-electron chi connectivity index (χ0n) is 18.1. The predicted molar refractivity (Wildman–Crippen MR) is 130 cm³/mol. The third-order valence-corrected chi connectivity index (χ3v) is 7.42. The van der Waals surface area contributed by atoms with Gasteiger partial charge in [-0.1, -0.05) is 17.7 Å². The van der Waals surface area contributed by atoms with E-state index in [2.05, 4.69) is 40.0 Å². The normalized spacial score (nSPS) is 14.9. The molecule has 0 saturated carbocycles. The Morgan fingerprint density at radius 3 is 2.66 bits per heavy atom. The first-order valence-electron chi connectivity index (χ1n) is 10.9. The van der Waals surface area contributed by atoms with Crippen LogP contribution in [0, 0.1) is 25.6 Å². The van der Waals surface area contributed by atoms with E-state index in [-0.39, 0.29) is 5.02 Å². The van der Waals surface area contributed by atoms with Gasteiger partial charge in [-0.15, -0.1) is 11.3 Å². The Labute approximate surface area is 196 Å². The van der Waals surface area contributed by atoms with Gasteiger partial charge in [-0.05, 0) is 68.0 Å². The summed E-state index contributed by atoms with van der Waals surface area (Å²) >= 11 is 7.82. The SMILES string of the molecule is Cc1cc(-c2ccc(F)c(Cl)c2)c2nc(CC3CCN(c4cc(C)ncn4)CC3)sc2c1. The highest BCUT2D eigenvalue weighted by Gasteiger charge is 2.22. The fourth-order valence-corrected chi connectivity index (χ4v) is 5.80. The minimum absolute atomic E-state index is 0.137. The molecule has 0 atom stereocenters. The molecule has 0 radical (unpaired) electrons. The molecule has 32 heavy (non-hydrogen) atoms. The highest BCUT2D eigenvalue weighted by molar-refractivity contribution is 7.18. The fraction of sp³-hybridized carbons (Fsp3) is 0.320. The molecule has 1 saturated heterocycles. The molecule has 0 unspecified atom stereocenters. The van der Waals surface area contributed by atoms with Crippen LogP contribution < -0.4 is 4.90 Å². The average Bonchev–Trinajstić information content (AvgIpc) is 3.17. The molecule has 3 heterocycles. The van der Waals surface area contributed by atoms with Crippen LogP contribution in [-0.2, 0) is 6.42 Å². The van der Waals surface area contributed by atoms with Gasteiger partial charge >= 0.3 is 0 Å². The van der Waals surface area contributed by atoms with E-state index in [4.69, 9.17) is 16.6 Å². The topological polar surface area (TPSA) is 41.9 Å². The lowest BCUT2D eigenvalue weighted by atomic mass is 9.94. The van der Waals surface area contributed by atoms with E-state index in [1.54, 1.807) is 29.8 Å². The monoisotopic (exact) mass is 466 g/mol. The summed E-state index contributed by atoms with van der Waals surface area (Å²) in [6.45, 7) is 6.09. The van der Waals surface area contributed by atoms with Crippen molar-refractivity contribution >= 4 is 39.0 Å². The number of rotatable bonds is 4. The summed E-state index contributed by atoms with van der Waals surface area (Å²) in [5.41, 5.74) is 5.05. The number of hydrogen-bond acceptors (Lipinski definition) is 5. The van der Waals surface area contributed by atoms with E-state index in [1.165, 1.54) is 10.8 Å². The van der Waals surface area contributed by atoms with Crippen molar-refractivity contribution in [2.24, 2.45) is 5.92 Å². The van der Waals surface area contributed by atoms with Crippen LogP contribution >= 0.6 is 22.9 Å². The maximum absolute atomic E-state index is 13.7. The molecular formula is C25H24ClFN4S. The van der Waals surface area contributed by atoms with E-state index in [0.29, 0.717) is 5.92 Å². The number of hydrogen-bond donors (Lipinski definition) is 0. The van der Waals surface area contributed by atoms with Crippen molar-refractivity contribution in [3.05, 3.63) is 69.8 Å². The van der Waals surface area contributed by atoms with E-state index in [0.717, 1.165) is 71.1 Å². The van der Waals surface area contributed by atoms with Gasteiger partial charge in [-0.3, -0.25) is 0 Å². The fourth-order valence-electron chi connectivity index (χ4n) is 4.41. The third kappa shape index (κ3) is 4.34. The van der Waals surface area contributed by atoms with Crippen LogP contribution in [0.25, 0.3) is 21.3 Å². The summed E-state index contributed by atoms with van der Waals surface area (Å²) in [7, 11) is 0. The highest BCUT2D eigenvalue weighted by Crippen LogP contribution is 2.36. The Hall–Kier alpha value is -2.57. The lowest BCUT2D eigenvalue weighted by Crippen LogP contribution is -2.34. The van der Waals surface area contributed by atoms with Crippen LogP contribution in [0.2, 0.25) is 5.02 Å². The number of aryl methyl sites for hydroxylation is 2. The van der Waals surface area contributed by atoms with Crippen molar-refractivity contribution in [3.8, 4) is 11.1 Å². The maximum atomic E-state index is 13.7. The van der Waals surface area contributed by atoms with Crippen molar-refractivity contribution in [1.29, 1.82) is 0 Å². The maximum Gasteiger partial charge on any atom is 0.141 e. The van der Waals surface area contributed by atoms with Gasteiger partial charge in [-0.25, -0.2) is 19.3 Å². The number of aromatic nitrogens is 3. The van der Waals surface area contributed by atoms with Gasteiger partial charge in [0, 0.05) is 36.8 Å². The second-order valence-corrected chi connectivity index (χ2v) is 10.1. The lowest BCUT2D eigenvalue weighted by molar-refractivity contribution is 0.402. The Kier molecular flexibility index (Phi) is 5.82. The molecule has 0 N–H and O–H groups in total. The van der Waals surface area contributed by atoms with Crippen molar-refractivity contribution in [3.63, 3.8) is 0 Å². The number of halogens is 2. The Balaban J connectivity index is 1.35. The molecule has 1 aliphatic rings. The molecule has 4 nitrogen and oxygen atoms in total. The summed E-state index contributed by atoms with van der Waals surface area (Å²) in [5.74, 6) is 1.23. The van der Waals surface area contributed by atoms with Gasteiger partial charge in [-0.2, -0.15) is 0 Å². The highest BCUT2D eigenvalue weighted by atomic mass is 35.5. The Bertz CT molecular complexity index is 1280. The second kappa shape index (κ2) is 8.75. The number of nitrogens with zero attached hydrogens (tertiary/aromatic N) is 4. The molecule has 4 aromatic rings. The molecule has 7 heteroatoms. The summed E-state index contributed by atoms with van der Waals surface area (Å²) in [6.07, 6.45) is 4.88. The van der Waals surface area contributed by atoms with Crippen molar-refractivity contribution in [2.75, 3.05) is 18.0 Å². The van der Waals surface area contributed by atoms with E-state index in [9.17, 15) is 4.39 Å². The molecule has 2 aromatic carbocycles. The first-order valence-corrected chi connectivity index (χ1v) is 12.0. The van der Waals surface area contributed by atoms with Crippen molar-refractivity contribution in [1.82, 2.24) is 15.0 Å². The molecule has 0 amide bonds. The standard InChI is InChI=1S/C25H24ClFN4S/c1-15-9-19(18-3-4-21(27)20(26)13-18)25-22(10-15)32-24(30-25)12-17-5-7-31(8-6-17)23-11-16(2)28-14-29-23/h3-4,9-11,13-14,17H,5-8,12H2,1-2H3. The summed E-state index contributed by atoms with van der Waals surface area (Å²) < 4.78 is 14.8. The summed E-state index contributed by atoms with van der Waals surface area (Å²) in [6, 6.07) is 11.2. The number of anilines is 1. The molecule has 5 rings (SSSR count). The quantitative estimate of drug-likeness (QED) is 0.339. The number of benzene rings is 2. The molecule has 0 bridgehead atoms. The molecule has 1 aliphatic heterocycles. The predicted octanol–water partition coefficient (Wildman–Crippen LogP) is 6.62. The first-order chi connectivity index (χ1) is 15.5. The van der Waals surface area contributed by atoms with Gasteiger partial charge in [0.15, 0.2) is 0 Å². The van der Waals surface area contributed by atoms with Crippen molar-refractivity contribution in [2.45, 2.75) is 33.1 Å². The largest absolute Gasteiger partial charge is 0.356 e. The number of thiazole rings is 1. The second-order valence-electron chi connectivity index (χ2n) is 8.55. The van der Waals surface area contributed by atoms with Gasteiger partial charge < -0.3 is 4.90 Å². The molecule has 1 fully saturated rings.